The molecule has 2 amide bonds. The standard InChI is InChI=1S/C19H20N4O6/c1-4-29-16-9-13(8-15(17(16)24)23(27)28)10-20-22-19(26)18(25)21-14-7-5-6-11(2)12(14)3/h5-10,24H,4H2,1-3H3,(H,21,25)(H,22,26)/b20-10-. The van der Waals surface area contributed by atoms with Gasteiger partial charge in [0.15, 0.2) is 5.75 Å². The SMILES string of the molecule is CCOc1cc(/C=N\NC(=O)C(=O)Nc2cccc(C)c2C)cc([N+](=O)[O-])c1O. The number of hydrazone groups is 1. The third-order valence-electron chi connectivity index (χ3n) is 4.01. The number of carbonyl (C=O) groups excluding carboxylic acids is 2. The Labute approximate surface area is 166 Å². The van der Waals surface area contributed by atoms with Crippen LogP contribution in [0.4, 0.5) is 11.4 Å². The molecule has 2 rings (SSSR count). The first-order valence-corrected chi connectivity index (χ1v) is 8.59. The van der Waals surface area contributed by atoms with Crippen molar-refractivity contribution in [3.05, 3.63) is 57.1 Å². The second-order valence-corrected chi connectivity index (χ2v) is 5.98. The summed E-state index contributed by atoms with van der Waals surface area (Å²) in [5.41, 5.74) is 3.95. The van der Waals surface area contributed by atoms with Crippen LogP contribution in [0.15, 0.2) is 35.4 Å². The number of phenolic OH excluding ortho intramolecular Hbond substituents is 1. The number of ether oxygens (including phenoxy) is 1. The van der Waals surface area contributed by atoms with Crippen LogP contribution in [0.2, 0.25) is 0 Å². The minimum absolute atomic E-state index is 0.0952. The van der Waals surface area contributed by atoms with Gasteiger partial charge in [-0.15, -0.1) is 0 Å². The number of aryl methyl sites for hydroxylation is 1. The average Bonchev–Trinajstić information content (AvgIpc) is 2.67. The molecule has 0 aliphatic heterocycles. The predicted octanol–water partition coefficient (Wildman–Crippen LogP) is 2.40. The molecule has 0 atom stereocenters. The predicted molar refractivity (Wildman–Crippen MR) is 106 cm³/mol. The summed E-state index contributed by atoms with van der Waals surface area (Å²) in [6, 6.07) is 7.67. The Balaban J connectivity index is 2.10. The van der Waals surface area contributed by atoms with E-state index >= 15 is 0 Å². The van der Waals surface area contributed by atoms with Crippen LogP contribution in [0, 0.1) is 24.0 Å². The molecule has 3 N–H and O–H groups in total. The fourth-order valence-electron chi connectivity index (χ4n) is 2.37. The Morgan fingerprint density at radius 2 is 2.00 bits per heavy atom. The number of hydrogen-bond acceptors (Lipinski definition) is 7. The molecule has 0 spiro atoms. The highest BCUT2D eigenvalue weighted by molar-refractivity contribution is 6.39. The van der Waals surface area contributed by atoms with Gasteiger partial charge in [-0.1, -0.05) is 12.1 Å². The zero-order valence-electron chi connectivity index (χ0n) is 16.1. The van der Waals surface area contributed by atoms with Crippen LogP contribution in [0.25, 0.3) is 0 Å². The topological polar surface area (TPSA) is 143 Å². The number of rotatable bonds is 6. The largest absolute Gasteiger partial charge is 0.500 e. The minimum atomic E-state index is -1.01. The highest BCUT2D eigenvalue weighted by Gasteiger charge is 2.20. The fourth-order valence-corrected chi connectivity index (χ4v) is 2.37. The van der Waals surface area contributed by atoms with Crippen LogP contribution in [0.1, 0.15) is 23.6 Å². The molecule has 0 unspecified atom stereocenters. The van der Waals surface area contributed by atoms with Crippen LogP contribution >= 0.6 is 0 Å². The van der Waals surface area contributed by atoms with Crippen molar-refractivity contribution in [1.82, 2.24) is 5.43 Å². The molecule has 152 valence electrons. The fraction of sp³-hybridized carbons (Fsp3) is 0.211. The van der Waals surface area contributed by atoms with Crippen molar-refractivity contribution in [3.63, 3.8) is 0 Å². The van der Waals surface area contributed by atoms with E-state index in [0.29, 0.717) is 5.69 Å². The van der Waals surface area contributed by atoms with Crippen molar-refractivity contribution in [2.75, 3.05) is 11.9 Å². The molecule has 2 aromatic rings. The molecule has 0 saturated carbocycles. The van der Waals surface area contributed by atoms with Crippen molar-refractivity contribution < 1.29 is 24.4 Å². The van der Waals surface area contributed by atoms with Crippen LogP contribution in [-0.4, -0.2) is 34.7 Å². The van der Waals surface area contributed by atoms with Gasteiger partial charge in [-0.2, -0.15) is 5.10 Å². The number of nitro groups is 1. The van der Waals surface area contributed by atoms with Crippen LogP contribution < -0.4 is 15.5 Å². The highest BCUT2D eigenvalue weighted by atomic mass is 16.6. The van der Waals surface area contributed by atoms with Crippen molar-refractivity contribution in [2.24, 2.45) is 5.10 Å². The first-order valence-electron chi connectivity index (χ1n) is 8.59. The van der Waals surface area contributed by atoms with E-state index in [9.17, 15) is 24.8 Å². The maximum Gasteiger partial charge on any atom is 0.329 e. The van der Waals surface area contributed by atoms with Crippen molar-refractivity contribution in [3.8, 4) is 11.5 Å². The monoisotopic (exact) mass is 400 g/mol. The number of amides is 2. The van der Waals surface area contributed by atoms with Gasteiger partial charge in [0.05, 0.1) is 17.7 Å². The average molecular weight is 400 g/mol. The third kappa shape index (κ3) is 5.28. The summed E-state index contributed by atoms with van der Waals surface area (Å²) < 4.78 is 5.15. The molecule has 2 aromatic carbocycles. The Kier molecular flexibility index (Phi) is 6.85. The van der Waals surface area contributed by atoms with E-state index in [-0.39, 0.29) is 17.9 Å². The molecule has 0 aliphatic rings. The Morgan fingerprint density at radius 1 is 1.28 bits per heavy atom. The van der Waals surface area contributed by atoms with E-state index in [1.807, 2.05) is 25.3 Å². The summed E-state index contributed by atoms with van der Waals surface area (Å²) in [6.45, 7) is 5.53. The zero-order chi connectivity index (χ0) is 21.6. The lowest BCUT2D eigenvalue weighted by Crippen LogP contribution is -2.32. The molecule has 0 aliphatic carbocycles. The van der Waals surface area contributed by atoms with E-state index in [1.54, 1.807) is 19.1 Å². The minimum Gasteiger partial charge on any atom is -0.500 e. The molecular formula is C19H20N4O6. The van der Waals surface area contributed by atoms with Gasteiger partial charge in [0.25, 0.3) is 0 Å². The van der Waals surface area contributed by atoms with Gasteiger partial charge in [-0.25, -0.2) is 5.43 Å². The van der Waals surface area contributed by atoms with Gasteiger partial charge >= 0.3 is 17.5 Å². The molecule has 29 heavy (non-hydrogen) atoms. The van der Waals surface area contributed by atoms with Gasteiger partial charge in [-0.05, 0) is 44.0 Å². The first kappa shape index (κ1) is 21.4. The van der Waals surface area contributed by atoms with Gasteiger partial charge < -0.3 is 15.2 Å². The second kappa shape index (κ2) is 9.31. The maximum atomic E-state index is 12.0. The smallest absolute Gasteiger partial charge is 0.329 e. The molecule has 0 bridgehead atoms. The van der Waals surface area contributed by atoms with E-state index in [1.165, 1.54) is 6.07 Å². The lowest BCUT2D eigenvalue weighted by molar-refractivity contribution is -0.386. The van der Waals surface area contributed by atoms with E-state index in [0.717, 1.165) is 23.4 Å². The normalized spacial score (nSPS) is 10.6. The molecule has 0 aromatic heterocycles. The molecule has 0 heterocycles. The van der Waals surface area contributed by atoms with Crippen LogP contribution in [0.5, 0.6) is 11.5 Å². The molecule has 10 nitrogen and oxygen atoms in total. The van der Waals surface area contributed by atoms with Crippen LogP contribution in [-0.2, 0) is 9.59 Å². The number of carbonyl (C=O) groups is 2. The van der Waals surface area contributed by atoms with Crippen molar-refractivity contribution in [2.45, 2.75) is 20.8 Å². The number of benzene rings is 2. The van der Waals surface area contributed by atoms with Crippen molar-refractivity contribution >= 4 is 29.4 Å². The first-order chi connectivity index (χ1) is 13.7. The Morgan fingerprint density at radius 3 is 2.66 bits per heavy atom. The maximum absolute atomic E-state index is 12.0. The Bertz CT molecular complexity index is 987. The quantitative estimate of drug-likeness (QED) is 0.294. The number of nitro benzene ring substituents is 1. The number of hydrogen-bond donors (Lipinski definition) is 3. The summed E-state index contributed by atoms with van der Waals surface area (Å²) in [4.78, 5) is 34.2. The van der Waals surface area contributed by atoms with E-state index in [2.05, 4.69) is 10.4 Å². The highest BCUT2D eigenvalue weighted by Crippen LogP contribution is 2.36. The zero-order valence-corrected chi connectivity index (χ0v) is 16.1. The van der Waals surface area contributed by atoms with Gasteiger partial charge in [-0.3, -0.25) is 19.7 Å². The number of nitrogens with one attached hydrogen (secondary N) is 2. The van der Waals surface area contributed by atoms with Gasteiger partial charge in [0.2, 0.25) is 5.75 Å². The summed E-state index contributed by atoms with van der Waals surface area (Å²) in [7, 11) is 0. The lowest BCUT2D eigenvalue weighted by atomic mass is 10.1. The van der Waals surface area contributed by atoms with E-state index < -0.39 is 28.2 Å². The lowest BCUT2D eigenvalue weighted by Gasteiger charge is -2.09. The third-order valence-corrected chi connectivity index (χ3v) is 4.01. The number of aromatic hydroxyl groups is 1. The van der Waals surface area contributed by atoms with Gasteiger partial charge in [0.1, 0.15) is 0 Å². The van der Waals surface area contributed by atoms with Gasteiger partial charge in [0, 0.05) is 17.3 Å². The summed E-state index contributed by atoms with van der Waals surface area (Å²) in [5.74, 6) is -2.63. The molecule has 0 fully saturated rings. The second-order valence-electron chi connectivity index (χ2n) is 5.98. The summed E-state index contributed by atoms with van der Waals surface area (Å²) in [6.07, 6.45) is 1.10. The molecule has 0 saturated heterocycles. The van der Waals surface area contributed by atoms with Crippen LogP contribution in [0.3, 0.4) is 0 Å². The number of nitrogens with zero attached hydrogens (tertiary/aromatic N) is 2. The van der Waals surface area contributed by atoms with E-state index in [4.69, 9.17) is 4.74 Å². The number of anilines is 1. The van der Waals surface area contributed by atoms with Crippen molar-refractivity contribution in [1.29, 1.82) is 0 Å². The summed E-state index contributed by atoms with van der Waals surface area (Å²) >= 11 is 0. The molecular weight excluding hydrogens is 380 g/mol. The Hall–Kier alpha value is -3.95. The number of phenols is 1. The molecule has 10 heteroatoms. The summed E-state index contributed by atoms with van der Waals surface area (Å²) in [5, 5.41) is 27.0. The molecule has 0 radical (unpaired) electrons.